The Kier molecular flexibility index (Phi) is 8.36. The third kappa shape index (κ3) is 6.22. The van der Waals surface area contributed by atoms with E-state index in [4.69, 9.17) is 19.5 Å². The minimum Gasteiger partial charge on any atom is -0.462 e. The topological polar surface area (TPSA) is 184 Å². The summed E-state index contributed by atoms with van der Waals surface area (Å²) in [6.45, 7) is 4.61. The van der Waals surface area contributed by atoms with Crippen LogP contribution in [0.4, 0.5) is 5.82 Å². The third-order valence-electron chi connectivity index (χ3n) is 5.43. The van der Waals surface area contributed by atoms with Gasteiger partial charge in [-0.05, 0) is 32.9 Å². The quantitative estimate of drug-likeness (QED) is 0.211. The Morgan fingerprint density at radius 1 is 1.19 bits per heavy atom. The van der Waals surface area contributed by atoms with E-state index in [2.05, 4.69) is 20.0 Å². The van der Waals surface area contributed by atoms with Gasteiger partial charge < -0.3 is 25.2 Å². The van der Waals surface area contributed by atoms with Crippen LogP contribution in [0.1, 0.15) is 26.1 Å². The van der Waals surface area contributed by atoms with Crippen LogP contribution in [0.25, 0.3) is 11.2 Å². The number of hydrogen-bond acceptors (Lipinski definition) is 12. The number of thioether (sulfide) groups is 1. The summed E-state index contributed by atoms with van der Waals surface area (Å²) < 4.78 is 31.8. The van der Waals surface area contributed by atoms with Gasteiger partial charge in [0.25, 0.3) is 0 Å². The lowest BCUT2D eigenvalue weighted by Crippen LogP contribution is -2.37. The highest BCUT2D eigenvalue weighted by Crippen LogP contribution is 2.48. The predicted molar refractivity (Wildman–Crippen MR) is 137 cm³/mol. The van der Waals surface area contributed by atoms with Crippen molar-refractivity contribution in [3.63, 3.8) is 0 Å². The fourth-order valence-electron chi connectivity index (χ4n) is 3.66. The van der Waals surface area contributed by atoms with Crippen molar-refractivity contribution >= 4 is 42.5 Å². The fourth-order valence-corrected chi connectivity index (χ4v) is 6.71. The second kappa shape index (κ2) is 11.3. The number of nitrogens with two attached hydrogens (primary N) is 1. The number of nitrogen functional groups attached to an aromatic ring is 1. The lowest BCUT2D eigenvalue weighted by atomic mass is 10.1. The lowest BCUT2D eigenvalue weighted by molar-refractivity contribution is -0.149. The molecule has 0 amide bonds. The molecule has 6 atom stereocenters. The monoisotopic (exact) mass is 552 g/mol. The van der Waals surface area contributed by atoms with Crippen molar-refractivity contribution in [3.05, 3.63) is 43.0 Å². The number of imidazole rings is 1. The molecule has 200 valence electrons. The maximum Gasteiger partial charge on any atom is 0.459 e. The summed E-state index contributed by atoms with van der Waals surface area (Å²) in [4.78, 5) is 24.6. The summed E-state index contributed by atoms with van der Waals surface area (Å²) in [5, 5.41) is 22.7. The number of nitrogens with one attached hydrogen (secondary N) is 1. The number of fused-ring (bicyclic) bond motifs is 1. The minimum atomic E-state index is -4.13. The number of para-hydroxylation sites is 1. The van der Waals surface area contributed by atoms with Gasteiger partial charge in [0.15, 0.2) is 11.5 Å². The standard InChI is InChI=1S/C22H29N6O7PS/c1-12(2)34-22(31)13(3)27-36(32,35-14-7-5-4-6-8-14)33-9-15-17(29)18(30)21(37-15)28-11-26-16-19(23)24-10-25-20(16)28/h4-8,10-13,15,17-18,21,29-30H,9H2,1-3H3,(H,27,32)(H2,23,24,25)/t13-,15+,17?,18?,21+,36+/m0/s1. The molecule has 0 radical (unpaired) electrons. The zero-order valence-electron chi connectivity index (χ0n) is 20.4. The molecule has 0 bridgehead atoms. The van der Waals surface area contributed by atoms with Gasteiger partial charge in [-0.15, -0.1) is 11.8 Å². The molecule has 0 aliphatic carbocycles. The number of carbonyl (C=O) groups is 1. The molecule has 3 heterocycles. The molecule has 1 aromatic carbocycles. The average Bonchev–Trinajstić information content (AvgIpc) is 3.40. The van der Waals surface area contributed by atoms with E-state index in [0.717, 1.165) is 0 Å². The van der Waals surface area contributed by atoms with Crippen LogP contribution in [0.3, 0.4) is 0 Å². The number of aromatic nitrogens is 4. The summed E-state index contributed by atoms with van der Waals surface area (Å²) in [6.07, 6.45) is -0.0720. The SMILES string of the molecule is CC(C)OC(=O)[C@H](C)N[P@@](=O)(OC[C@H]1S[C@@H](n2cnc3c(N)ncnc32)C(O)C1O)Oc1ccccc1. The highest BCUT2D eigenvalue weighted by atomic mass is 32.2. The molecule has 3 aromatic rings. The Labute approximate surface area is 217 Å². The summed E-state index contributed by atoms with van der Waals surface area (Å²) in [7, 11) is -4.13. The molecule has 13 nitrogen and oxygen atoms in total. The number of carbonyl (C=O) groups excluding carboxylic acids is 1. The van der Waals surface area contributed by atoms with Crippen molar-refractivity contribution < 1.29 is 33.4 Å². The molecule has 4 rings (SSSR count). The van der Waals surface area contributed by atoms with Crippen molar-refractivity contribution in [2.75, 3.05) is 12.3 Å². The largest absolute Gasteiger partial charge is 0.462 e. The number of ether oxygens (including phenoxy) is 1. The van der Waals surface area contributed by atoms with Gasteiger partial charge in [0.1, 0.15) is 35.1 Å². The maximum absolute atomic E-state index is 13.7. The number of esters is 1. The second-order valence-corrected chi connectivity index (χ2v) is 11.7. The first kappa shape index (κ1) is 27.3. The Balaban J connectivity index is 1.50. The van der Waals surface area contributed by atoms with E-state index in [9.17, 15) is 19.6 Å². The zero-order chi connectivity index (χ0) is 26.7. The Morgan fingerprint density at radius 2 is 1.92 bits per heavy atom. The van der Waals surface area contributed by atoms with Gasteiger partial charge in [0.2, 0.25) is 0 Å². The van der Waals surface area contributed by atoms with Crippen molar-refractivity contribution in [3.8, 4) is 5.75 Å². The number of hydrogen-bond donors (Lipinski definition) is 4. The van der Waals surface area contributed by atoms with Gasteiger partial charge in [-0.25, -0.2) is 19.5 Å². The smallest absolute Gasteiger partial charge is 0.459 e. The van der Waals surface area contributed by atoms with E-state index >= 15 is 0 Å². The van der Waals surface area contributed by atoms with Crippen LogP contribution in [-0.4, -0.2) is 71.9 Å². The Hall–Kier alpha value is -2.74. The van der Waals surface area contributed by atoms with Crippen LogP contribution in [0.5, 0.6) is 5.75 Å². The van der Waals surface area contributed by atoms with E-state index in [1.807, 2.05) is 0 Å². The van der Waals surface area contributed by atoms with Crippen LogP contribution in [0.15, 0.2) is 43.0 Å². The van der Waals surface area contributed by atoms with E-state index in [0.29, 0.717) is 11.2 Å². The van der Waals surface area contributed by atoms with Gasteiger partial charge in [-0.3, -0.25) is 13.9 Å². The van der Waals surface area contributed by atoms with E-state index in [1.165, 1.54) is 31.3 Å². The van der Waals surface area contributed by atoms with Crippen molar-refractivity contribution in [2.45, 2.75) is 55.7 Å². The van der Waals surface area contributed by atoms with Crippen LogP contribution >= 0.6 is 19.5 Å². The maximum atomic E-state index is 13.7. The highest BCUT2D eigenvalue weighted by molar-refractivity contribution is 8.00. The number of nitrogens with zero attached hydrogens (tertiary/aromatic N) is 4. The normalized spacial score (nSPS) is 24.2. The molecule has 37 heavy (non-hydrogen) atoms. The average molecular weight is 553 g/mol. The summed E-state index contributed by atoms with van der Waals surface area (Å²) in [5.74, 6) is -0.186. The molecule has 2 aromatic heterocycles. The van der Waals surface area contributed by atoms with Crippen LogP contribution in [0.2, 0.25) is 0 Å². The van der Waals surface area contributed by atoms with Crippen molar-refractivity contribution in [1.29, 1.82) is 0 Å². The Bertz CT molecular complexity index is 1280. The molecule has 0 saturated carbocycles. The molecule has 0 spiro atoms. The summed E-state index contributed by atoms with van der Waals surface area (Å²) >= 11 is 1.19. The van der Waals surface area contributed by atoms with Gasteiger partial charge in [-0.2, -0.15) is 5.09 Å². The number of benzene rings is 1. The number of aliphatic hydroxyl groups excluding tert-OH is 2. The van der Waals surface area contributed by atoms with Crippen LogP contribution < -0.4 is 15.3 Å². The van der Waals surface area contributed by atoms with Gasteiger partial charge >= 0.3 is 13.7 Å². The van der Waals surface area contributed by atoms with Gasteiger partial charge in [0, 0.05) is 0 Å². The van der Waals surface area contributed by atoms with Crippen molar-refractivity contribution in [1.82, 2.24) is 24.6 Å². The molecule has 1 aliphatic heterocycles. The van der Waals surface area contributed by atoms with Crippen LogP contribution in [-0.2, 0) is 18.6 Å². The zero-order valence-corrected chi connectivity index (χ0v) is 22.1. The Morgan fingerprint density at radius 3 is 2.62 bits per heavy atom. The first-order chi connectivity index (χ1) is 17.6. The predicted octanol–water partition coefficient (Wildman–Crippen LogP) is 1.88. The highest BCUT2D eigenvalue weighted by Gasteiger charge is 2.45. The van der Waals surface area contributed by atoms with Crippen LogP contribution in [0, 0.1) is 0 Å². The van der Waals surface area contributed by atoms with Crippen molar-refractivity contribution in [2.24, 2.45) is 0 Å². The number of aliphatic hydroxyl groups is 2. The molecule has 5 N–H and O–H groups in total. The first-order valence-electron chi connectivity index (χ1n) is 11.5. The summed E-state index contributed by atoms with van der Waals surface area (Å²) in [6, 6.07) is 7.31. The molecular formula is C22H29N6O7PS. The number of rotatable bonds is 10. The van der Waals surface area contributed by atoms with E-state index < -0.39 is 42.6 Å². The van der Waals surface area contributed by atoms with Gasteiger partial charge in [0.05, 0.1) is 30.4 Å². The number of anilines is 1. The van der Waals surface area contributed by atoms with E-state index in [-0.39, 0.29) is 24.3 Å². The molecular weight excluding hydrogens is 523 g/mol. The molecule has 2 unspecified atom stereocenters. The first-order valence-corrected chi connectivity index (χ1v) is 14.0. The fraction of sp³-hybridized carbons (Fsp3) is 0.455. The molecule has 1 fully saturated rings. The molecule has 1 aliphatic rings. The third-order valence-corrected chi connectivity index (χ3v) is 8.63. The lowest BCUT2D eigenvalue weighted by Gasteiger charge is -2.25. The van der Waals surface area contributed by atoms with Gasteiger partial charge in [-0.1, -0.05) is 18.2 Å². The summed E-state index contributed by atoms with van der Waals surface area (Å²) in [5.41, 5.74) is 6.62. The van der Waals surface area contributed by atoms with E-state index in [1.54, 1.807) is 48.7 Å². The molecule has 15 heteroatoms. The molecule has 1 saturated heterocycles. The second-order valence-electron chi connectivity index (χ2n) is 8.66. The minimum absolute atomic E-state index is 0.192.